The molecule has 2 rings (SSSR count). The van der Waals surface area contributed by atoms with Crippen molar-refractivity contribution in [2.45, 2.75) is 123 Å². The minimum atomic E-state index is -0.766. The van der Waals surface area contributed by atoms with Crippen molar-refractivity contribution >= 4 is 23.6 Å². The summed E-state index contributed by atoms with van der Waals surface area (Å²) in [7, 11) is 0. The van der Waals surface area contributed by atoms with Crippen LogP contribution in [0, 0.1) is 5.41 Å². The lowest BCUT2D eigenvalue weighted by Gasteiger charge is -2.31. The van der Waals surface area contributed by atoms with Gasteiger partial charge in [-0.05, 0) is 58.9 Å². The monoisotopic (exact) mass is 587 g/mol. The maximum Gasteiger partial charge on any atom is 0.243 e. The third kappa shape index (κ3) is 12.5. The second kappa shape index (κ2) is 16.6. The van der Waals surface area contributed by atoms with Gasteiger partial charge in [0.1, 0.15) is 12.1 Å². The van der Waals surface area contributed by atoms with Crippen LogP contribution in [0.5, 0.6) is 0 Å². The van der Waals surface area contributed by atoms with Gasteiger partial charge in [-0.3, -0.25) is 19.2 Å². The van der Waals surface area contributed by atoms with Gasteiger partial charge in [-0.15, -0.1) is 0 Å². The van der Waals surface area contributed by atoms with Gasteiger partial charge in [-0.2, -0.15) is 0 Å². The number of amides is 4. The van der Waals surface area contributed by atoms with Crippen LogP contribution < -0.4 is 27.0 Å². The number of nitrogens with one attached hydrogen (secondary N) is 4. The summed E-state index contributed by atoms with van der Waals surface area (Å²) in [6, 6.07) is 7.84. The van der Waals surface area contributed by atoms with Crippen LogP contribution in [0.25, 0.3) is 0 Å². The van der Waals surface area contributed by atoms with E-state index in [2.05, 4.69) is 21.3 Å². The van der Waals surface area contributed by atoms with E-state index in [1.807, 2.05) is 58.0 Å². The van der Waals surface area contributed by atoms with Gasteiger partial charge in [0.2, 0.25) is 23.6 Å². The van der Waals surface area contributed by atoms with E-state index in [1.54, 1.807) is 13.8 Å². The summed E-state index contributed by atoms with van der Waals surface area (Å²) in [6.07, 6.45) is 6.79. The Bertz CT molecular complexity index is 1020. The number of ether oxygens (including phenoxy) is 1. The SMILES string of the molecule is CC(N)C(=O)NC(C)C(=O)NCCC(C)(C)OCCC(C)(C)C(=O)NC(Cc1ccccc1)C(=O)NC1CCCCC1. The van der Waals surface area contributed by atoms with Gasteiger partial charge >= 0.3 is 0 Å². The Labute approximate surface area is 251 Å². The van der Waals surface area contributed by atoms with Crippen LogP contribution in [0.4, 0.5) is 0 Å². The second-order valence-corrected chi connectivity index (χ2v) is 12.9. The summed E-state index contributed by atoms with van der Waals surface area (Å²) in [5.41, 5.74) is 5.21. The molecule has 1 aromatic carbocycles. The fourth-order valence-electron chi connectivity index (χ4n) is 4.78. The number of nitrogens with two attached hydrogens (primary N) is 1. The minimum absolute atomic E-state index is 0.138. The summed E-state index contributed by atoms with van der Waals surface area (Å²) in [4.78, 5) is 50.7. The van der Waals surface area contributed by atoms with Gasteiger partial charge in [0.15, 0.2) is 0 Å². The average Bonchev–Trinajstić information content (AvgIpc) is 2.93. The van der Waals surface area contributed by atoms with Crippen LogP contribution in [0.1, 0.15) is 92.1 Å². The first-order chi connectivity index (χ1) is 19.7. The van der Waals surface area contributed by atoms with Crippen molar-refractivity contribution in [3.05, 3.63) is 35.9 Å². The standard InChI is InChI=1S/C32H53N5O5/c1-22(33)27(38)35-23(2)28(39)34-19-17-32(5,6)42-20-18-31(3,4)30(41)37-26(21-24-13-9-7-10-14-24)29(40)36-25-15-11-8-12-16-25/h7,9-10,13-14,22-23,25-26H,8,11-12,15-21,33H2,1-6H3,(H,34,39)(H,35,38)(H,36,40)(H,37,41). The van der Waals surface area contributed by atoms with E-state index in [4.69, 9.17) is 10.5 Å². The summed E-state index contributed by atoms with van der Waals surface area (Å²) < 4.78 is 6.11. The first kappa shape index (κ1) is 35.2. The van der Waals surface area contributed by atoms with E-state index in [1.165, 1.54) is 6.42 Å². The molecule has 4 amide bonds. The topological polar surface area (TPSA) is 152 Å². The quantitative estimate of drug-likeness (QED) is 0.201. The van der Waals surface area contributed by atoms with Crippen LogP contribution in [0.15, 0.2) is 30.3 Å². The molecule has 0 spiro atoms. The lowest BCUT2D eigenvalue weighted by atomic mass is 9.87. The summed E-state index contributed by atoms with van der Waals surface area (Å²) in [5.74, 6) is -1.01. The van der Waals surface area contributed by atoms with Crippen LogP contribution in [-0.4, -0.2) is 66.5 Å². The maximum absolute atomic E-state index is 13.4. The van der Waals surface area contributed by atoms with E-state index >= 15 is 0 Å². The van der Waals surface area contributed by atoms with E-state index < -0.39 is 29.1 Å². The Balaban J connectivity index is 1.86. The number of hydrogen-bond donors (Lipinski definition) is 5. The molecule has 10 nitrogen and oxygen atoms in total. The van der Waals surface area contributed by atoms with Crippen LogP contribution in [0.2, 0.25) is 0 Å². The van der Waals surface area contributed by atoms with Crippen molar-refractivity contribution in [1.29, 1.82) is 0 Å². The fraction of sp³-hybridized carbons (Fsp3) is 0.688. The van der Waals surface area contributed by atoms with Crippen LogP contribution in [-0.2, 0) is 30.3 Å². The molecular weight excluding hydrogens is 534 g/mol. The molecule has 1 aliphatic carbocycles. The molecule has 3 atom stereocenters. The van der Waals surface area contributed by atoms with E-state index in [0.717, 1.165) is 31.2 Å². The number of rotatable bonds is 16. The molecule has 0 heterocycles. The third-order valence-corrected chi connectivity index (χ3v) is 7.88. The number of carbonyl (C=O) groups is 4. The van der Waals surface area contributed by atoms with E-state index in [-0.39, 0.29) is 29.7 Å². The molecule has 0 radical (unpaired) electrons. The van der Waals surface area contributed by atoms with Crippen molar-refractivity contribution in [2.24, 2.45) is 11.1 Å². The summed E-state index contributed by atoms with van der Waals surface area (Å²) >= 11 is 0. The molecule has 1 aliphatic rings. The average molecular weight is 588 g/mol. The first-order valence-corrected chi connectivity index (χ1v) is 15.3. The minimum Gasteiger partial charge on any atom is -0.375 e. The fourth-order valence-corrected chi connectivity index (χ4v) is 4.78. The molecule has 1 saturated carbocycles. The van der Waals surface area contributed by atoms with Crippen molar-refractivity contribution in [2.75, 3.05) is 13.2 Å². The molecule has 1 aromatic rings. The molecule has 0 aromatic heterocycles. The van der Waals surface area contributed by atoms with Crippen molar-refractivity contribution < 1.29 is 23.9 Å². The largest absolute Gasteiger partial charge is 0.375 e. The highest BCUT2D eigenvalue weighted by Gasteiger charge is 2.33. The summed E-state index contributed by atoms with van der Waals surface area (Å²) in [5, 5.41) is 11.6. The molecule has 1 fully saturated rings. The molecule has 0 bridgehead atoms. The van der Waals surface area contributed by atoms with Crippen molar-refractivity contribution in [3.63, 3.8) is 0 Å². The van der Waals surface area contributed by atoms with Crippen LogP contribution >= 0.6 is 0 Å². The van der Waals surface area contributed by atoms with Gasteiger partial charge in [0.25, 0.3) is 0 Å². The predicted molar refractivity (Wildman–Crippen MR) is 164 cm³/mol. The Morgan fingerprint density at radius 2 is 1.55 bits per heavy atom. The van der Waals surface area contributed by atoms with Gasteiger partial charge < -0.3 is 31.7 Å². The first-order valence-electron chi connectivity index (χ1n) is 15.3. The van der Waals surface area contributed by atoms with Gasteiger partial charge in [-0.1, -0.05) is 63.4 Å². The highest BCUT2D eigenvalue weighted by molar-refractivity contribution is 5.90. The van der Waals surface area contributed by atoms with Gasteiger partial charge in [0, 0.05) is 31.0 Å². The normalized spacial score (nSPS) is 16.5. The lowest BCUT2D eigenvalue weighted by molar-refractivity contribution is -0.135. The highest BCUT2D eigenvalue weighted by atomic mass is 16.5. The molecule has 42 heavy (non-hydrogen) atoms. The maximum atomic E-state index is 13.4. The van der Waals surface area contributed by atoms with Crippen molar-refractivity contribution in [1.82, 2.24) is 21.3 Å². The lowest BCUT2D eigenvalue weighted by Crippen LogP contribution is -2.53. The molecule has 3 unspecified atom stereocenters. The Hall–Kier alpha value is -2.98. The number of carbonyl (C=O) groups excluding carboxylic acids is 4. The molecule has 10 heteroatoms. The number of hydrogen-bond acceptors (Lipinski definition) is 6. The molecule has 236 valence electrons. The molecule has 6 N–H and O–H groups in total. The Morgan fingerprint density at radius 3 is 2.17 bits per heavy atom. The zero-order valence-corrected chi connectivity index (χ0v) is 26.4. The second-order valence-electron chi connectivity index (χ2n) is 12.9. The van der Waals surface area contributed by atoms with E-state index in [9.17, 15) is 19.2 Å². The highest BCUT2D eigenvalue weighted by Crippen LogP contribution is 2.24. The van der Waals surface area contributed by atoms with E-state index in [0.29, 0.717) is 32.4 Å². The Morgan fingerprint density at radius 1 is 0.905 bits per heavy atom. The summed E-state index contributed by atoms with van der Waals surface area (Å²) in [6.45, 7) is 11.4. The molecular formula is C32H53N5O5. The smallest absolute Gasteiger partial charge is 0.243 e. The molecule has 0 aliphatic heterocycles. The third-order valence-electron chi connectivity index (χ3n) is 7.88. The van der Waals surface area contributed by atoms with Gasteiger partial charge in [-0.25, -0.2) is 0 Å². The molecule has 0 saturated heterocycles. The predicted octanol–water partition coefficient (Wildman–Crippen LogP) is 2.73. The zero-order valence-electron chi connectivity index (χ0n) is 26.4. The van der Waals surface area contributed by atoms with Crippen molar-refractivity contribution in [3.8, 4) is 0 Å². The Kier molecular flexibility index (Phi) is 13.9. The zero-order chi connectivity index (χ0) is 31.3. The van der Waals surface area contributed by atoms with Crippen LogP contribution in [0.3, 0.4) is 0 Å². The van der Waals surface area contributed by atoms with Gasteiger partial charge in [0.05, 0.1) is 11.6 Å². The number of benzene rings is 1.